The van der Waals surface area contributed by atoms with Crippen LogP contribution in [0.2, 0.25) is 0 Å². The number of fused-ring (bicyclic) bond motifs is 3. The fraction of sp³-hybridized carbons (Fsp3) is 0.105. The van der Waals surface area contributed by atoms with E-state index >= 15 is 0 Å². The fourth-order valence-electron chi connectivity index (χ4n) is 2.83. The van der Waals surface area contributed by atoms with Gasteiger partial charge in [0.1, 0.15) is 11.6 Å². The van der Waals surface area contributed by atoms with Crippen molar-refractivity contribution < 1.29 is 4.74 Å². The molecule has 2 aromatic carbocycles. The van der Waals surface area contributed by atoms with Gasteiger partial charge in [0, 0.05) is 26.5 Å². The normalized spacial score (nSPS) is 11.1. The quantitative estimate of drug-likeness (QED) is 0.469. The van der Waals surface area contributed by atoms with Gasteiger partial charge in [-0.05, 0) is 29.8 Å². The van der Waals surface area contributed by atoms with Crippen molar-refractivity contribution in [3.05, 3.63) is 58.7 Å². The van der Waals surface area contributed by atoms with Gasteiger partial charge in [-0.25, -0.2) is 4.98 Å². The SMILES string of the molecule is COc1ccc(CNc2ncc(N)c3sc4cc(Br)ccc4c23)cc1. The van der Waals surface area contributed by atoms with Crippen LogP contribution in [0.1, 0.15) is 5.56 Å². The Morgan fingerprint density at radius 1 is 1.20 bits per heavy atom. The van der Waals surface area contributed by atoms with Gasteiger partial charge in [-0.1, -0.05) is 34.1 Å². The molecule has 126 valence electrons. The van der Waals surface area contributed by atoms with Crippen molar-refractivity contribution in [2.45, 2.75) is 6.54 Å². The minimum atomic E-state index is 0.684. The number of benzene rings is 2. The molecule has 0 atom stereocenters. The van der Waals surface area contributed by atoms with Crippen LogP contribution in [0.5, 0.6) is 5.75 Å². The van der Waals surface area contributed by atoms with E-state index in [0.29, 0.717) is 12.2 Å². The van der Waals surface area contributed by atoms with Gasteiger partial charge in [-0.2, -0.15) is 0 Å². The first-order chi connectivity index (χ1) is 12.2. The molecule has 0 unspecified atom stereocenters. The number of nitrogens with two attached hydrogens (primary N) is 1. The summed E-state index contributed by atoms with van der Waals surface area (Å²) < 4.78 is 8.52. The van der Waals surface area contributed by atoms with Crippen molar-refractivity contribution in [3.63, 3.8) is 0 Å². The van der Waals surface area contributed by atoms with Crippen LogP contribution in [0, 0.1) is 0 Å². The number of nitrogens with zero attached hydrogens (tertiary/aromatic N) is 1. The average Bonchev–Trinajstić information content (AvgIpc) is 3.01. The topological polar surface area (TPSA) is 60.2 Å². The molecule has 0 radical (unpaired) electrons. The number of thiophene rings is 1. The molecule has 3 N–H and O–H groups in total. The molecule has 0 saturated heterocycles. The molecule has 0 aliphatic heterocycles. The first-order valence-electron chi connectivity index (χ1n) is 7.79. The summed E-state index contributed by atoms with van der Waals surface area (Å²) in [6.07, 6.45) is 1.73. The number of halogens is 1. The highest BCUT2D eigenvalue weighted by Gasteiger charge is 2.13. The highest BCUT2D eigenvalue weighted by atomic mass is 79.9. The van der Waals surface area contributed by atoms with Crippen LogP contribution >= 0.6 is 27.3 Å². The molecule has 4 nitrogen and oxygen atoms in total. The van der Waals surface area contributed by atoms with Crippen molar-refractivity contribution in [1.82, 2.24) is 4.98 Å². The van der Waals surface area contributed by atoms with E-state index in [1.807, 2.05) is 30.3 Å². The first kappa shape index (κ1) is 16.2. The van der Waals surface area contributed by atoms with E-state index in [-0.39, 0.29) is 0 Å². The number of methoxy groups -OCH3 is 1. The first-order valence-corrected chi connectivity index (χ1v) is 9.39. The maximum absolute atomic E-state index is 6.16. The third-order valence-corrected chi connectivity index (χ3v) is 5.80. The zero-order chi connectivity index (χ0) is 17.4. The molecule has 0 aliphatic rings. The fourth-order valence-corrected chi connectivity index (χ4v) is 4.51. The lowest BCUT2D eigenvalue weighted by Crippen LogP contribution is -2.02. The predicted octanol–water partition coefficient (Wildman–Crippen LogP) is 5.41. The second-order valence-electron chi connectivity index (χ2n) is 5.71. The minimum Gasteiger partial charge on any atom is -0.497 e. The van der Waals surface area contributed by atoms with Gasteiger partial charge in [-0.3, -0.25) is 0 Å². The van der Waals surface area contributed by atoms with Crippen molar-refractivity contribution in [2.75, 3.05) is 18.2 Å². The molecule has 0 aliphatic carbocycles. The monoisotopic (exact) mass is 413 g/mol. The summed E-state index contributed by atoms with van der Waals surface area (Å²) in [5.74, 6) is 1.71. The number of anilines is 2. The molecular weight excluding hydrogens is 398 g/mol. The van der Waals surface area contributed by atoms with Gasteiger partial charge in [0.15, 0.2) is 0 Å². The maximum atomic E-state index is 6.16. The van der Waals surface area contributed by atoms with E-state index < -0.39 is 0 Å². The summed E-state index contributed by atoms with van der Waals surface area (Å²) in [5.41, 5.74) is 8.03. The van der Waals surface area contributed by atoms with Crippen LogP contribution in [0.15, 0.2) is 53.1 Å². The van der Waals surface area contributed by atoms with Gasteiger partial charge < -0.3 is 15.8 Å². The third kappa shape index (κ3) is 3.03. The van der Waals surface area contributed by atoms with E-state index in [0.717, 1.165) is 31.7 Å². The Bertz CT molecular complexity index is 1060. The summed E-state index contributed by atoms with van der Waals surface area (Å²) in [6, 6.07) is 14.3. The predicted molar refractivity (Wildman–Crippen MR) is 110 cm³/mol. The molecule has 0 saturated carbocycles. The van der Waals surface area contributed by atoms with E-state index in [1.165, 1.54) is 10.1 Å². The van der Waals surface area contributed by atoms with Gasteiger partial charge in [-0.15, -0.1) is 11.3 Å². The molecule has 25 heavy (non-hydrogen) atoms. The Morgan fingerprint density at radius 2 is 2.00 bits per heavy atom. The zero-order valence-corrected chi connectivity index (χ0v) is 15.9. The Hall–Kier alpha value is -2.31. The largest absolute Gasteiger partial charge is 0.497 e. The number of pyridine rings is 1. The minimum absolute atomic E-state index is 0.684. The Kier molecular flexibility index (Phi) is 4.23. The summed E-state index contributed by atoms with van der Waals surface area (Å²) >= 11 is 5.23. The number of hydrogen-bond donors (Lipinski definition) is 2. The van der Waals surface area contributed by atoms with Gasteiger partial charge in [0.05, 0.1) is 23.7 Å². The van der Waals surface area contributed by atoms with Crippen LogP contribution in [0.25, 0.3) is 20.2 Å². The third-order valence-electron chi connectivity index (χ3n) is 4.10. The van der Waals surface area contributed by atoms with E-state index in [2.05, 4.69) is 38.4 Å². The molecule has 0 fully saturated rings. The van der Waals surface area contributed by atoms with E-state index in [4.69, 9.17) is 10.5 Å². The molecule has 2 aromatic heterocycles. The zero-order valence-electron chi connectivity index (χ0n) is 13.5. The van der Waals surface area contributed by atoms with Crippen LogP contribution < -0.4 is 15.8 Å². The summed E-state index contributed by atoms with van der Waals surface area (Å²) in [7, 11) is 1.67. The lowest BCUT2D eigenvalue weighted by atomic mass is 10.1. The highest BCUT2D eigenvalue weighted by Crippen LogP contribution is 2.41. The Morgan fingerprint density at radius 3 is 2.76 bits per heavy atom. The molecule has 4 rings (SSSR count). The number of hydrogen-bond acceptors (Lipinski definition) is 5. The smallest absolute Gasteiger partial charge is 0.135 e. The van der Waals surface area contributed by atoms with Gasteiger partial charge >= 0.3 is 0 Å². The number of nitrogen functional groups attached to an aromatic ring is 1. The van der Waals surface area contributed by atoms with Crippen LogP contribution in [-0.4, -0.2) is 12.1 Å². The molecule has 4 aromatic rings. The number of nitrogens with one attached hydrogen (secondary N) is 1. The second kappa shape index (κ2) is 6.54. The lowest BCUT2D eigenvalue weighted by molar-refractivity contribution is 0.414. The van der Waals surface area contributed by atoms with Crippen molar-refractivity contribution >= 4 is 58.9 Å². The number of rotatable bonds is 4. The van der Waals surface area contributed by atoms with E-state index in [9.17, 15) is 0 Å². The number of ether oxygens (including phenoxy) is 1. The second-order valence-corrected chi connectivity index (χ2v) is 7.68. The van der Waals surface area contributed by atoms with Crippen molar-refractivity contribution in [3.8, 4) is 5.75 Å². The Labute approximate surface area is 157 Å². The molecule has 6 heteroatoms. The van der Waals surface area contributed by atoms with Crippen LogP contribution in [0.3, 0.4) is 0 Å². The van der Waals surface area contributed by atoms with Crippen molar-refractivity contribution in [1.29, 1.82) is 0 Å². The lowest BCUT2D eigenvalue weighted by Gasteiger charge is -2.09. The van der Waals surface area contributed by atoms with Gasteiger partial charge in [0.2, 0.25) is 0 Å². The molecule has 2 heterocycles. The Balaban J connectivity index is 1.73. The van der Waals surface area contributed by atoms with Crippen LogP contribution in [0.4, 0.5) is 11.5 Å². The van der Waals surface area contributed by atoms with Crippen molar-refractivity contribution in [2.24, 2.45) is 0 Å². The van der Waals surface area contributed by atoms with E-state index in [1.54, 1.807) is 24.6 Å². The summed E-state index contributed by atoms with van der Waals surface area (Å²) in [6.45, 7) is 0.684. The maximum Gasteiger partial charge on any atom is 0.135 e. The average molecular weight is 414 g/mol. The molecule has 0 spiro atoms. The molecule has 0 bridgehead atoms. The standard InChI is InChI=1S/C19H16BrN3OS/c1-24-13-5-2-11(3-6-13)9-22-19-17-14-7-4-12(20)8-16(14)25-18(17)15(21)10-23-19/h2-8,10H,9,21H2,1H3,(H,22,23). The van der Waals surface area contributed by atoms with Gasteiger partial charge in [0.25, 0.3) is 0 Å². The summed E-state index contributed by atoms with van der Waals surface area (Å²) in [5, 5.41) is 5.70. The molecular formula is C19H16BrN3OS. The molecule has 0 amide bonds. The highest BCUT2D eigenvalue weighted by molar-refractivity contribution is 9.10. The van der Waals surface area contributed by atoms with Crippen LogP contribution in [-0.2, 0) is 6.54 Å². The summed E-state index contributed by atoms with van der Waals surface area (Å²) in [4.78, 5) is 4.53. The number of aromatic nitrogens is 1.